The molecule has 0 fully saturated rings. The van der Waals surface area contributed by atoms with Gasteiger partial charge in [-0.2, -0.15) is 0 Å². The van der Waals surface area contributed by atoms with E-state index in [4.69, 9.17) is 4.74 Å². The van der Waals surface area contributed by atoms with E-state index in [1.165, 1.54) is 54.9 Å². The minimum absolute atomic E-state index is 0.781. The van der Waals surface area contributed by atoms with Crippen LogP contribution in [0.25, 0.3) is 10.8 Å². The monoisotopic (exact) mass is 327 g/mol. The first-order valence-corrected chi connectivity index (χ1v) is 9.71. The molecule has 0 radical (unpaired) electrons. The number of fused-ring (bicyclic) bond motifs is 1. The predicted octanol–water partition coefficient (Wildman–Crippen LogP) is 6.08. The summed E-state index contributed by atoms with van der Waals surface area (Å²) >= 11 is 0. The van der Waals surface area contributed by atoms with Crippen molar-refractivity contribution >= 4 is 10.8 Å². The first-order chi connectivity index (χ1) is 11.9. The van der Waals surface area contributed by atoms with Crippen LogP contribution in [-0.4, -0.2) is 13.2 Å². The maximum Gasteiger partial charge on any atom is 0.124 e. The second-order valence-corrected chi connectivity index (χ2v) is 6.56. The molecular weight excluding hydrogens is 294 g/mol. The van der Waals surface area contributed by atoms with Crippen LogP contribution in [0.3, 0.4) is 0 Å². The Morgan fingerprint density at radius 3 is 2.46 bits per heavy atom. The molecule has 2 aromatic rings. The van der Waals surface area contributed by atoms with Crippen LogP contribution in [0.4, 0.5) is 0 Å². The van der Waals surface area contributed by atoms with E-state index >= 15 is 0 Å². The third-order valence-electron chi connectivity index (χ3n) is 4.47. The fourth-order valence-corrected chi connectivity index (χ4v) is 3.09. The van der Waals surface area contributed by atoms with Gasteiger partial charge in [0.15, 0.2) is 0 Å². The Hall–Kier alpha value is -1.54. The number of hydrogen-bond donors (Lipinski definition) is 1. The Bertz CT molecular complexity index is 594. The quantitative estimate of drug-likeness (QED) is 0.477. The van der Waals surface area contributed by atoms with E-state index in [-0.39, 0.29) is 0 Å². The molecule has 0 saturated carbocycles. The Balaban J connectivity index is 1.91. The Morgan fingerprint density at radius 2 is 1.62 bits per heavy atom. The standard InChI is InChI=1S/C22H33NO/c1-3-5-6-7-8-11-16-23-18-21-20-13-10-9-12-19(20)14-15-22(21)24-17-4-2/h9-10,12-15,23H,3-8,11,16-18H2,1-2H3. The molecule has 2 heteroatoms. The highest BCUT2D eigenvalue weighted by molar-refractivity contribution is 5.87. The lowest BCUT2D eigenvalue weighted by molar-refractivity contribution is 0.314. The Kier molecular flexibility index (Phi) is 8.69. The summed E-state index contributed by atoms with van der Waals surface area (Å²) in [6, 6.07) is 12.9. The lowest BCUT2D eigenvalue weighted by Crippen LogP contribution is -2.16. The van der Waals surface area contributed by atoms with Crippen molar-refractivity contribution in [2.45, 2.75) is 65.3 Å². The fourth-order valence-electron chi connectivity index (χ4n) is 3.09. The van der Waals surface area contributed by atoms with Gasteiger partial charge in [-0.1, -0.05) is 76.3 Å². The fraction of sp³-hybridized carbons (Fsp3) is 0.545. The Morgan fingerprint density at radius 1 is 0.833 bits per heavy atom. The largest absolute Gasteiger partial charge is 0.493 e. The van der Waals surface area contributed by atoms with Gasteiger partial charge < -0.3 is 10.1 Å². The second-order valence-electron chi connectivity index (χ2n) is 6.56. The van der Waals surface area contributed by atoms with Crippen molar-refractivity contribution < 1.29 is 4.74 Å². The van der Waals surface area contributed by atoms with Gasteiger partial charge in [0.25, 0.3) is 0 Å². The lowest BCUT2D eigenvalue weighted by atomic mass is 10.0. The summed E-state index contributed by atoms with van der Waals surface area (Å²) in [5.41, 5.74) is 1.30. The van der Waals surface area contributed by atoms with E-state index < -0.39 is 0 Å². The average Bonchev–Trinajstić information content (AvgIpc) is 2.62. The molecule has 132 valence electrons. The Labute approximate surface area is 147 Å². The van der Waals surface area contributed by atoms with Crippen molar-refractivity contribution in [3.8, 4) is 5.75 Å². The van der Waals surface area contributed by atoms with Gasteiger partial charge in [-0.3, -0.25) is 0 Å². The van der Waals surface area contributed by atoms with Crippen molar-refractivity contribution in [3.63, 3.8) is 0 Å². The van der Waals surface area contributed by atoms with E-state index in [0.717, 1.165) is 31.9 Å². The molecule has 2 nitrogen and oxygen atoms in total. The van der Waals surface area contributed by atoms with Crippen LogP contribution in [0, 0.1) is 0 Å². The van der Waals surface area contributed by atoms with Crippen molar-refractivity contribution in [1.29, 1.82) is 0 Å². The van der Waals surface area contributed by atoms with Gasteiger partial charge >= 0.3 is 0 Å². The number of unbranched alkanes of at least 4 members (excludes halogenated alkanes) is 5. The molecule has 0 aliphatic rings. The third kappa shape index (κ3) is 5.83. The molecule has 2 rings (SSSR count). The van der Waals surface area contributed by atoms with Gasteiger partial charge in [-0.15, -0.1) is 0 Å². The summed E-state index contributed by atoms with van der Waals surface area (Å²) in [4.78, 5) is 0. The molecule has 0 aromatic heterocycles. The van der Waals surface area contributed by atoms with E-state index in [9.17, 15) is 0 Å². The zero-order valence-electron chi connectivity index (χ0n) is 15.4. The number of ether oxygens (including phenoxy) is 1. The molecule has 1 N–H and O–H groups in total. The van der Waals surface area contributed by atoms with Crippen LogP contribution in [0.2, 0.25) is 0 Å². The topological polar surface area (TPSA) is 21.3 Å². The van der Waals surface area contributed by atoms with Gasteiger partial charge in [-0.25, -0.2) is 0 Å². The molecular formula is C22H33NO. The van der Waals surface area contributed by atoms with Crippen molar-refractivity contribution in [2.24, 2.45) is 0 Å². The van der Waals surface area contributed by atoms with Crippen LogP contribution >= 0.6 is 0 Å². The van der Waals surface area contributed by atoms with Crippen LogP contribution in [0.15, 0.2) is 36.4 Å². The summed E-state index contributed by atoms with van der Waals surface area (Å²) in [5, 5.41) is 6.22. The zero-order valence-corrected chi connectivity index (χ0v) is 15.4. The molecule has 0 bridgehead atoms. The number of benzene rings is 2. The normalized spacial score (nSPS) is 11.1. The number of rotatable bonds is 12. The summed E-state index contributed by atoms with van der Waals surface area (Å²) in [6.07, 6.45) is 9.09. The highest BCUT2D eigenvalue weighted by Crippen LogP contribution is 2.28. The maximum absolute atomic E-state index is 5.98. The lowest BCUT2D eigenvalue weighted by Gasteiger charge is -2.15. The van der Waals surface area contributed by atoms with Crippen molar-refractivity contribution in [3.05, 3.63) is 42.0 Å². The first-order valence-electron chi connectivity index (χ1n) is 9.71. The zero-order chi connectivity index (χ0) is 17.0. The van der Waals surface area contributed by atoms with E-state index in [0.29, 0.717) is 0 Å². The van der Waals surface area contributed by atoms with Gasteiger partial charge in [0.05, 0.1) is 6.61 Å². The van der Waals surface area contributed by atoms with Crippen LogP contribution < -0.4 is 10.1 Å². The molecule has 0 amide bonds. The number of hydrogen-bond acceptors (Lipinski definition) is 2. The molecule has 0 saturated heterocycles. The first kappa shape index (κ1) is 18.8. The molecule has 0 unspecified atom stereocenters. The summed E-state index contributed by atoms with van der Waals surface area (Å²) in [6.45, 7) is 7.17. The molecule has 0 aliphatic heterocycles. The van der Waals surface area contributed by atoms with E-state index in [2.05, 4.69) is 55.6 Å². The average molecular weight is 328 g/mol. The molecule has 0 heterocycles. The third-order valence-corrected chi connectivity index (χ3v) is 4.47. The SMILES string of the molecule is CCCCCCCCNCc1c(OCCC)ccc2ccccc12. The van der Waals surface area contributed by atoms with Gasteiger partial charge in [0.1, 0.15) is 5.75 Å². The summed E-state index contributed by atoms with van der Waals surface area (Å²) in [5.74, 6) is 1.03. The molecule has 24 heavy (non-hydrogen) atoms. The minimum Gasteiger partial charge on any atom is -0.493 e. The minimum atomic E-state index is 0.781. The van der Waals surface area contributed by atoms with Gasteiger partial charge in [-0.05, 0) is 36.2 Å². The molecule has 0 spiro atoms. The van der Waals surface area contributed by atoms with Crippen LogP contribution in [0.5, 0.6) is 5.75 Å². The van der Waals surface area contributed by atoms with Crippen molar-refractivity contribution in [2.75, 3.05) is 13.2 Å². The van der Waals surface area contributed by atoms with E-state index in [1.807, 2.05) is 0 Å². The summed E-state index contributed by atoms with van der Waals surface area (Å²) in [7, 11) is 0. The molecule has 0 atom stereocenters. The molecule has 2 aromatic carbocycles. The van der Waals surface area contributed by atoms with E-state index in [1.54, 1.807) is 0 Å². The van der Waals surface area contributed by atoms with Crippen LogP contribution in [0.1, 0.15) is 64.4 Å². The van der Waals surface area contributed by atoms with Gasteiger partial charge in [0.2, 0.25) is 0 Å². The maximum atomic E-state index is 5.98. The summed E-state index contributed by atoms with van der Waals surface area (Å²) < 4.78 is 5.98. The molecule has 0 aliphatic carbocycles. The van der Waals surface area contributed by atoms with Gasteiger partial charge in [0, 0.05) is 12.1 Å². The highest BCUT2D eigenvalue weighted by Gasteiger charge is 2.08. The smallest absolute Gasteiger partial charge is 0.124 e. The predicted molar refractivity (Wildman–Crippen MR) is 105 cm³/mol. The highest BCUT2D eigenvalue weighted by atomic mass is 16.5. The number of nitrogens with one attached hydrogen (secondary N) is 1. The van der Waals surface area contributed by atoms with Crippen molar-refractivity contribution in [1.82, 2.24) is 5.32 Å². The van der Waals surface area contributed by atoms with Crippen LogP contribution in [-0.2, 0) is 6.54 Å². The second kappa shape index (κ2) is 11.1.